The lowest BCUT2D eigenvalue weighted by atomic mass is 10.2. The third-order valence-corrected chi connectivity index (χ3v) is 4.61. The summed E-state index contributed by atoms with van der Waals surface area (Å²) in [6.45, 7) is 9.07. The summed E-state index contributed by atoms with van der Waals surface area (Å²) >= 11 is 9.95. The van der Waals surface area contributed by atoms with Crippen LogP contribution in [-0.4, -0.2) is 15.8 Å². The predicted molar refractivity (Wildman–Crippen MR) is 87.7 cm³/mol. The minimum absolute atomic E-state index is 0.459. The quantitative estimate of drug-likeness (QED) is 0.879. The fourth-order valence-corrected chi connectivity index (χ4v) is 2.54. The Morgan fingerprint density at radius 3 is 2.55 bits per heavy atom. The van der Waals surface area contributed by atoms with Gasteiger partial charge in [0.25, 0.3) is 0 Å². The second-order valence-corrected chi connectivity index (χ2v) is 6.42. The Hall–Kier alpha value is -0.840. The van der Waals surface area contributed by atoms with Gasteiger partial charge in [-0.15, -0.1) is 0 Å². The van der Waals surface area contributed by atoms with Gasteiger partial charge in [0.05, 0.1) is 26.6 Å². The Morgan fingerprint density at radius 2 is 2.05 bits per heavy atom. The second kappa shape index (κ2) is 6.29. The molecule has 20 heavy (non-hydrogen) atoms. The zero-order valence-corrected chi connectivity index (χ0v) is 14.5. The topological polar surface area (TPSA) is 29.9 Å². The van der Waals surface area contributed by atoms with Crippen LogP contribution < -0.4 is 5.32 Å². The summed E-state index contributed by atoms with van der Waals surface area (Å²) in [5.74, 6) is 0. The van der Waals surface area contributed by atoms with Crippen molar-refractivity contribution >= 4 is 27.5 Å². The molecule has 2 aromatic rings. The van der Waals surface area contributed by atoms with Gasteiger partial charge in [-0.3, -0.25) is 0 Å². The van der Waals surface area contributed by atoms with Gasteiger partial charge in [-0.2, -0.15) is 5.10 Å². The maximum atomic E-state index is 6.41. The predicted octanol–water partition coefficient (Wildman–Crippen LogP) is 4.40. The highest BCUT2D eigenvalue weighted by Crippen LogP contribution is 2.27. The summed E-state index contributed by atoms with van der Waals surface area (Å²) in [6, 6.07) is 6.56. The lowest BCUT2D eigenvalue weighted by Crippen LogP contribution is -2.21. The average molecular weight is 357 g/mol. The first kappa shape index (κ1) is 15.5. The zero-order valence-electron chi connectivity index (χ0n) is 12.2. The van der Waals surface area contributed by atoms with Gasteiger partial charge in [0.15, 0.2) is 0 Å². The molecule has 0 radical (unpaired) electrons. The van der Waals surface area contributed by atoms with Crippen molar-refractivity contribution in [1.29, 1.82) is 0 Å². The van der Waals surface area contributed by atoms with E-state index in [2.05, 4.69) is 46.3 Å². The number of nitrogens with one attached hydrogen (secondary N) is 1. The number of rotatable bonds is 4. The van der Waals surface area contributed by atoms with Gasteiger partial charge in [0, 0.05) is 12.6 Å². The Labute approximate surface area is 133 Å². The van der Waals surface area contributed by atoms with Crippen LogP contribution in [0.5, 0.6) is 0 Å². The molecule has 0 saturated carbocycles. The SMILES string of the molecule is Cc1nn(-c2ccc(CNC(C)C)cc2Cl)c(C)c1Br. The smallest absolute Gasteiger partial charge is 0.0835 e. The van der Waals surface area contributed by atoms with Crippen molar-refractivity contribution in [2.24, 2.45) is 0 Å². The van der Waals surface area contributed by atoms with E-state index in [9.17, 15) is 0 Å². The first-order valence-electron chi connectivity index (χ1n) is 6.64. The van der Waals surface area contributed by atoms with Crippen LogP contribution in [0.1, 0.15) is 30.8 Å². The Morgan fingerprint density at radius 1 is 1.35 bits per heavy atom. The molecule has 0 spiro atoms. The summed E-state index contributed by atoms with van der Waals surface area (Å²) in [7, 11) is 0. The van der Waals surface area contributed by atoms with Crippen LogP contribution in [-0.2, 0) is 6.54 Å². The van der Waals surface area contributed by atoms with E-state index in [1.807, 2.05) is 30.7 Å². The van der Waals surface area contributed by atoms with Gasteiger partial charge in [0.2, 0.25) is 0 Å². The van der Waals surface area contributed by atoms with Crippen molar-refractivity contribution in [3.8, 4) is 5.69 Å². The molecule has 0 saturated heterocycles. The summed E-state index contributed by atoms with van der Waals surface area (Å²) in [6.07, 6.45) is 0. The Kier molecular flexibility index (Phi) is 4.89. The highest BCUT2D eigenvalue weighted by atomic mass is 79.9. The highest BCUT2D eigenvalue weighted by Gasteiger charge is 2.13. The first-order chi connectivity index (χ1) is 9.40. The zero-order chi connectivity index (χ0) is 14.9. The number of nitrogens with zero attached hydrogens (tertiary/aromatic N) is 2. The Bertz CT molecular complexity index is 620. The maximum Gasteiger partial charge on any atom is 0.0835 e. The highest BCUT2D eigenvalue weighted by molar-refractivity contribution is 9.10. The number of halogens is 2. The molecule has 0 aliphatic heterocycles. The van der Waals surface area contributed by atoms with Crippen LogP contribution in [0.3, 0.4) is 0 Å². The molecule has 0 unspecified atom stereocenters. The molecule has 2 rings (SSSR count). The molecule has 1 aromatic carbocycles. The van der Waals surface area contributed by atoms with Crippen LogP contribution in [0.4, 0.5) is 0 Å². The van der Waals surface area contributed by atoms with E-state index in [1.54, 1.807) is 0 Å². The Balaban J connectivity index is 2.32. The molecular weight excluding hydrogens is 338 g/mol. The molecule has 0 bridgehead atoms. The first-order valence-corrected chi connectivity index (χ1v) is 7.81. The third-order valence-electron chi connectivity index (χ3n) is 3.16. The largest absolute Gasteiger partial charge is 0.310 e. The van der Waals surface area contributed by atoms with Crippen molar-refractivity contribution in [3.05, 3.63) is 44.6 Å². The second-order valence-electron chi connectivity index (χ2n) is 5.22. The third kappa shape index (κ3) is 3.25. The van der Waals surface area contributed by atoms with Gasteiger partial charge in [-0.1, -0.05) is 31.5 Å². The lowest BCUT2D eigenvalue weighted by Gasteiger charge is -2.11. The van der Waals surface area contributed by atoms with Crippen LogP contribution in [0.2, 0.25) is 5.02 Å². The molecule has 0 fully saturated rings. The van der Waals surface area contributed by atoms with E-state index in [0.717, 1.165) is 28.1 Å². The average Bonchev–Trinajstić information content (AvgIpc) is 2.64. The monoisotopic (exact) mass is 355 g/mol. The molecule has 1 heterocycles. The molecule has 0 amide bonds. The molecule has 0 aliphatic rings. The normalized spacial score (nSPS) is 11.3. The summed E-state index contributed by atoms with van der Waals surface area (Å²) < 4.78 is 2.90. The van der Waals surface area contributed by atoms with Gasteiger partial charge in [-0.05, 0) is 47.5 Å². The van der Waals surface area contributed by atoms with Gasteiger partial charge in [-0.25, -0.2) is 4.68 Å². The van der Waals surface area contributed by atoms with E-state index in [4.69, 9.17) is 11.6 Å². The van der Waals surface area contributed by atoms with Gasteiger partial charge in [0.1, 0.15) is 0 Å². The lowest BCUT2D eigenvalue weighted by molar-refractivity contribution is 0.589. The van der Waals surface area contributed by atoms with Gasteiger partial charge < -0.3 is 5.32 Å². The van der Waals surface area contributed by atoms with E-state index in [-0.39, 0.29) is 0 Å². The molecule has 0 aliphatic carbocycles. The maximum absolute atomic E-state index is 6.41. The molecule has 1 N–H and O–H groups in total. The fraction of sp³-hybridized carbons (Fsp3) is 0.400. The van der Waals surface area contributed by atoms with E-state index >= 15 is 0 Å². The number of aryl methyl sites for hydroxylation is 1. The van der Waals surface area contributed by atoms with Crippen molar-refractivity contribution in [2.45, 2.75) is 40.3 Å². The van der Waals surface area contributed by atoms with E-state index in [1.165, 1.54) is 5.56 Å². The fourth-order valence-electron chi connectivity index (χ4n) is 2.01. The van der Waals surface area contributed by atoms with Crippen molar-refractivity contribution < 1.29 is 0 Å². The van der Waals surface area contributed by atoms with Crippen LogP contribution in [0, 0.1) is 13.8 Å². The molecule has 0 atom stereocenters. The van der Waals surface area contributed by atoms with Gasteiger partial charge >= 0.3 is 0 Å². The summed E-state index contributed by atoms with van der Waals surface area (Å²) in [5, 5.41) is 8.61. The minimum atomic E-state index is 0.459. The number of aromatic nitrogens is 2. The number of hydrogen-bond acceptors (Lipinski definition) is 2. The summed E-state index contributed by atoms with van der Waals surface area (Å²) in [4.78, 5) is 0. The van der Waals surface area contributed by atoms with E-state index < -0.39 is 0 Å². The van der Waals surface area contributed by atoms with Crippen molar-refractivity contribution in [1.82, 2.24) is 15.1 Å². The van der Waals surface area contributed by atoms with Crippen LogP contribution >= 0.6 is 27.5 Å². The number of benzene rings is 1. The molecule has 1 aromatic heterocycles. The summed E-state index contributed by atoms with van der Waals surface area (Å²) in [5.41, 5.74) is 4.10. The van der Waals surface area contributed by atoms with Crippen LogP contribution in [0.25, 0.3) is 5.69 Å². The van der Waals surface area contributed by atoms with Crippen molar-refractivity contribution in [3.63, 3.8) is 0 Å². The minimum Gasteiger partial charge on any atom is -0.310 e. The molecule has 5 heteroatoms. The molecule has 3 nitrogen and oxygen atoms in total. The van der Waals surface area contributed by atoms with Crippen molar-refractivity contribution in [2.75, 3.05) is 0 Å². The van der Waals surface area contributed by atoms with E-state index in [0.29, 0.717) is 11.1 Å². The standard InChI is InChI=1S/C15H19BrClN3/c1-9(2)18-8-12-5-6-14(13(17)7-12)20-11(4)15(16)10(3)19-20/h5-7,9,18H,8H2,1-4H3. The number of hydrogen-bond donors (Lipinski definition) is 1. The molecular formula is C15H19BrClN3. The van der Waals surface area contributed by atoms with Crippen LogP contribution in [0.15, 0.2) is 22.7 Å². The molecule has 108 valence electrons.